The van der Waals surface area contributed by atoms with E-state index in [1.54, 1.807) is 11.6 Å². The highest BCUT2D eigenvalue weighted by Gasteiger charge is 2.35. The molecule has 0 bridgehead atoms. The van der Waals surface area contributed by atoms with Gasteiger partial charge in [-0.2, -0.15) is 18.3 Å². The van der Waals surface area contributed by atoms with Crippen molar-refractivity contribution in [1.29, 1.82) is 0 Å². The Labute approximate surface area is 186 Å². The number of nitrogens with zero attached hydrogens (tertiary/aromatic N) is 3. The third-order valence-electron chi connectivity index (χ3n) is 5.75. The van der Waals surface area contributed by atoms with Gasteiger partial charge in [0.2, 0.25) is 0 Å². The number of halogens is 5. The fourth-order valence-electron chi connectivity index (χ4n) is 4.22. The van der Waals surface area contributed by atoms with E-state index in [-0.39, 0.29) is 28.7 Å². The molecule has 1 aliphatic rings. The standard InChI is InChI=1S/C22H20ClF4N3O2/c1-12-16-8-17(21(31)32-2)19(24)9-20(16)30(28-12)15-5-6-29(11-15)10-13-7-14(23)3-4-18(13)22(25,26)27/h3-4,7-9,15H,5-6,10-11H2,1-2H3/t15-/m1/s1. The van der Waals surface area contributed by atoms with Crippen LogP contribution < -0.4 is 0 Å². The van der Waals surface area contributed by atoms with Gasteiger partial charge in [-0.25, -0.2) is 9.18 Å². The van der Waals surface area contributed by atoms with E-state index >= 15 is 0 Å². The summed E-state index contributed by atoms with van der Waals surface area (Å²) in [5, 5.41) is 5.39. The minimum atomic E-state index is -4.47. The van der Waals surface area contributed by atoms with Crippen LogP contribution in [0.25, 0.3) is 10.9 Å². The Morgan fingerprint density at radius 1 is 1.28 bits per heavy atom. The number of carbonyl (C=O) groups excluding carboxylic acids is 1. The first-order chi connectivity index (χ1) is 15.1. The van der Waals surface area contributed by atoms with E-state index in [1.807, 2.05) is 4.90 Å². The number of hydrogen-bond donors (Lipinski definition) is 0. The van der Waals surface area contributed by atoms with Crippen molar-refractivity contribution in [2.24, 2.45) is 0 Å². The summed E-state index contributed by atoms with van der Waals surface area (Å²) in [5.41, 5.74) is 0.386. The second-order valence-corrected chi connectivity index (χ2v) is 8.28. The molecule has 0 amide bonds. The van der Waals surface area contributed by atoms with Crippen LogP contribution in [0.5, 0.6) is 0 Å². The molecular weight excluding hydrogens is 450 g/mol. The highest BCUT2D eigenvalue weighted by atomic mass is 35.5. The number of benzene rings is 2. The first kappa shape index (κ1) is 22.5. The van der Waals surface area contributed by atoms with E-state index in [2.05, 4.69) is 9.84 Å². The quantitative estimate of drug-likeness (QED) is 0.380. The first-order valence-electron chi connectivity index (χ1n) is 9.93. The molecule has 3 aromatic rings. The lowest BCUT2D eigenvalue weighted by atomic mass is 10.1. The van der Waals surface area contributed by atoms with Crippen molar-refractivity contribution in [1.82, 2.24) is 14.7 Å². The molecule has 1 aromatic heterocycles. The molecule has 0 unspecified atom stereocenters. The Hall–Kier alpha value is -2.65. The molecule has 0 radical (unpaired) electrons. The number of likely N-dealkylation sites (tertiary alicyclic amines) is 1. The maximum absolute atomic E-state index is 14.5. The summed E-state index contributed by atoms with van der Waals surface area (Å²) in [4.78, 5) is 13.7. The molecular formula is C22H20ClF4N3O2. The lowest BCUT2D eigenvalue weighted by molar-refractivity contribution is -0.138. The van der Waals surface area contributed by atoms with E-state index in [4.69, 9.17) is 11.6 Å². The maximum Gasteiger partial charge on any atom is 0.416 e. The fourth-order valence-corrected chi connectivity index (χ4v) is 4.42. The van der Waals surface area contributed by atoms with Crippen molar-refractivity contribution in [3.05, 3.63) is 63.6 Å². The second kappa shape index (κ2) is 8.37. The van der Waals surface area contributed by atoms with Crippen molar-refractivity contribution < 1.29 is 27.1 Å². The summed E-state index contributed by atoms with van der Waals surface area (Å²) in [6, 6.07) is 6.10. The lowest BCUT2D eigenvalue weighted by Gasteiger charge is -2.20. The van der Waals surface area contributed by atoms with Gasteiger partial charge >= 0.3 is 12.1 Å². The molecule has 0 aliphatic carbocycles. The number of carbonyl (C=O) groups is 1. The summed E-state index contributed by atoms with van der Waals surface area (Å²) in [7, 11) is 1.18. The average molecular weight is 470 g/mol. The molecule has 170 valence electrons. The number of methoxy groups -OCH3 is 1. The molecule has 2 heterocycles. The Kier molecular flexibility index (Phi) is 5.89. The second-order valence-electron chi connectivity index (χ2n) is 7.85. The monoisotopic (exact) mass is 469 g/mol. The molecule has 1 fully saturated rings. The van der Waals surface area contributed by atoms with E-state index in [0.717, 1.165) is 6.07 Å². The summed E-state index contributed by atoms with van der Waals surface area (Å²) >= 11 is 5.94. The smallest absolute Gasteiger partial charge is 0.416 e. The van der Waals surface area contributed by atoms with Crippen LogP contribution in [0.1, 0.15) is 39.6 Å². The number of ether oxygens (including phenoxy) is 1. The zero-order chi connectivity index (χ0) is 23.2. The van der Waals surface area contributed by atoms with Crippen molar-refractivity contribution >= 4 is 28.5 Å². The van der Waals surface area contributed by atoms with Crippen LogP contribution in [0, 0.1) is 12.7 Å². The minimum absolute atomic E-state index is 0.0882. The maximum atomic E-state index is 14.5. The van der Waals surface area contributed by atoms with Gasteiger partial charge < -0.3 is 4.74 Å². The van der Waals surface area contributed by atoms with Gasteiger partial charge in [-0.15, -0.1) is 0 Å². The van der Waals surface area contributed by atoms with E-state index in [1.165, 1.54) is 31.4 Å². The van der Waals surface area contributed by atoms with Crippen molar-refractivity contribution in [2.45, 2.75) is 32.1 Å². The van der Waals surface area contributed by atoms with Gasteiger partial charge in [0.25, 0.3) is 0 Å². The molecule has 0 saturated carbocycles. The highest BCUT2D eigenvalue weighted by molar-refractivity contribution is 6.30. The van der Waals surface area contributed by atoms with Crippen molar-refractivity contribution in [2.75, 3.05) is 20.2 Å². The number of fused-ring (bicyclic) bond motifs is 1. The van der Waals surface area contributed by atoms with Gasteiger partial charge in [0.15, 0.2) is 0 Å². The Morgan fingerprint density at radius 2 is 2.03 bits per heavy atom. The van der Waals surface area contributed by atoms with Gasteiger partial charge in [-0.1, -0.05) is 11.6 Å². The SMILES string of the molecule is COC(=O)c1cc2c(C)nn([C@@H]3CCN(Cc4cc(Cl)ccc4C(F)(F)F)C3)c2cc1F. The van der Waals surface area contributed by atoms with Gasteiger partial charge in [0.1, 0.15) is 5.82 Å². The summed E-state index contributed by atoms with van der Waals surface area (Å²) in [6.07, 6.45) is -3.83. The number of rotatable bonds is 4. The third-order valence-corrected chi connectivity index (χ3v) is 5.98. The van der Waals surface area contributed by atoms with Crippen LogP contribution in [0.3, 0.4) is 0 Å². The van der Waals surface area contributed by atoms with Crippen LogP contribution in [-0.2, 0) is 17.5 Å². The Morgan fingerprint density at radius 3 is 2.72 bits per heavy atom. The highest BCUT2D eigenvalue weighted by Crippen LogP contribution is 2.35. The molecule has 0 spiro atoms. The molecule has 1 saturated heterocycles. The predicted molar refractivity (Wildman–Crippen MR) is 111 cm³/mol. The van der Waals surface area contributed by atoms with Crippen LogP contribution in [0.2, 0.25) is 5.02 Å². The topological polar surface area (TPSA) is 47.4 Å². The fraction of sp³-hybridized carbons (Fsp3) is 0.364. The zero-order valence-electron chi connectivity index (χ0n) is 17.3. The number of aryl methyl sites for hydroxylation is 1. The third kappa shape index (κ3) is 4.19. The van der Waals surface area contributed by atoms with E-state index in [9.17, 15) is 22.4 Å². The van der Waals surface area contributed by atoms with Crippen LogP contribution in [0.15, 0.2) is 30.3 Å². The largest absolute Gasteiger partial charge is 0.465 e. The molecule has 2 aromatic carbocycles. The zero-order valence-corrected chi connectivity index (χ0v) is 18.1. The van der Waals surface area contributed by atoms with Crippen LogP contribution >= 0.6 is 11.6 Å². The molecule has 1 aliphatic heterocycles. The molecule has 5 nitrogen and oxygen atoms in total. The number of esters is 1. The van der Waals surface area contributed by atoms with Gasteiger partial charge in [0.05, 0.1) is 35.5 Å². The molecule has 0 N–H and O–H groups in total. The minimum Gasteiger partial charge on any atom is -0.465 e. The molecule has 32 heavy (non-hydrogen) atoms. The summed E-state index contributed by atoms with van der Waals surface area (Å²) < 4.78 is 61.0. The van der Waals surface area contributed by atoms with Crippen LogP contribution in [-0.4, -0.2) is 40.8 Å². The summed E-state index contributed by atoms with van der Waals surface area (Å²) in [5.74, 6) is -1.49. The lowest BCUT2D eigenvalue weighted by Crippen LogP contribution is -2.23. The Balaban J connectivity index is 1.60. The number of alkyl halides is 3. The van der Waals surface area contributed by atoms with Crippen LogP contribution in [0.4, 0.5) is 17.6 Å². The normalized spacial score (nSPS) is 17.3. The number of hydrogen-bond acceptors (Lipinski definition) is 4. The van der Waals surface area contributed by atoms with E-state index < -0.39 is 23.5 Å². The molecule has 4 rings (SSSR count). The van der Waals surface area contributed by atoms with Crippen molar-refractivity contribution in [3.63, 3.8) is 0 Å². The summed E-state index contributed by atoms with van der Waals surface area (Å²) in [6.45, 7) is 2.84. The number of aromatic nitrogens is 2. The van der Waals surface area contributed by atoms with Gasteiger partial charge in [0, 0.05) is 36.1 Å². The predicted octanol–water partition coefficient (Wildman–Crippen LogP) is 5.39. The van der Waals surface area contributed by atoms with Gasteiger partial charge in [-0.3, -0.25) is 9.58 Å². The molecule has 10 heteroatoms. The Bertz CT molecular complexity index is 1190. The molecule has 1 atom stereocenters. The van der Waals surface area contributed by atoms with Gasteiger partial charge in [-0.05, 0) is 43.2 Å². The average Bonchev–Trinajstić information content (AvgIpc) is 3.30. The van der Waals surface area contributed by atoms with E-state index in [0.29, 0.717) is 36.1 Å². The van der Waals surface area contributed by atoms with Crippen molar-refractivity contribution in [3.8, 4) is 0 Å². The first-order valence-corrected chi connectivity index (χ1v) is 10.3.